The van der Waals surface area contributed by atoms with Crippen LogP contribution in [0.3, 0.4) is 0 Å². The van der Waals surface area contributed by atoms with Crippen LogP contribution in [0.1, 0.15) is 32.3 Å². The molecule has 1 aliphatic rings. The molecule has 1 atom stereocenters. The van der Waals surface area contributed by atoms with Crippen molar-refractivity contribution < 1.29 is 9.18 Å². The van der Waals surface area contributed by atoms with E-state index in [0.29, 0.717) is 5.57 Å². The van der Waals surface area contributed by atoms with E-state index in [0.717, 1.165) is 16.0 Å². The SMILES string of the molecule is O=C1/C(=C\c2cccs2)[C@@H](c2ccccc2)c2cccc(F)c21. The number of halogens is 1. The van der Waals surface area contributed by atoms with Crippen LogP contribution in [-0.2, 0) is 0 Å². The molecular weight excluding hydrogens is 307 g/mol. The number of hydrogen-bond acceptors (Lipinski definition) is 2. The molecule has 0 bridgehead atoms. The van der Waals surface area contributed by atoms with Gasteiger partial charge in [-0.3, -0.25) is 4.79 Å². The van der Waals surface area contributed by atoms with Crippen LogP contribution >= 0.6 is 11.3 Å². The van der Waals surface area contributed by atoms with Crippen molar-refractivity contribution >= 4 is 23.2 Å². The van der Waals surface area contributed by atoms with E-state index in [1.54, 1.807) is 17.4 Å². The predicted molar refractivity (Wildman–Crippen MR) is 91.3 cm³/mol. The molecule has 3 heteroatoms. The smallest absolute Gasteiger partial charge is 0.193 e. The van der Waals surface area contributed by atoms with E-state index in [4.69, 9.17) is 0 Å². The average Bonchev–Trinajstić information content (AvgIpc) is 3.17. The lowest BCUT2D eigenvalue weighted by Gasteiger charge is -2.13. The zero-order chi connectivity index (χ0) is 15.8. The Balaban J connectivity index is 1.95. The Hall–Kier alpha value is -2.52. The number of carbonyl (C=O) groups is 1. The highest BCUT2D eigenvalue weighted by Crippen LogP contribution is 2.43. The minimum Gasteiger partial charge on any atom is -0.289 e. The van der Waals surface area contributed by atoms with E-state index in [1.165, 1.54) is 6.07 Å². The van der Waals surface area contributed by atoms with Crippen LogP contribution in [0.5, 0.6) is 0 Å². The molecule has 0 fully saturated rings. The molecule has 0 saturated carbocycles. The van der Waals surface area contributed by atoms with Crippen molar-refractivity contribution in [1.29, 1.82) is 0 Å². The van der Waals surface area contributed by atoms with Crippen LogP contribution in [0.2, 0.25) is 0 Å². The topological polar surface area (TPSA) is 17.1 Å². The van der Waals surface area contributed by atoms with E-state index >= 15 is 0 Å². The highest BCUT2D eigenvalue weighted by Gasteiger charge is 2.37. The Bertz CT molecular complexity index is 895. The van der Waals surface area contributed by atoms with Gasteiger partial charge in [0, 0.05) is 16.4 Å². The summed E-state index contributed by atoms with van der Waals surface area (Å²) >= 11 is 1.57. The summed E-state index contributed by atoms with van der Waals surface area (Å²) in [6.07, 6.45) is 1.89. The molecule has 1 aliphatic carbocycles. The van der Waals surface area contributed by atoms with Gasteiger partial charge in [-0.2, -0.15) is 0 Å². The van der Waals surface area contributed by atoms with Gasteiger partial charge in [-0.05, 0) is 34.7 Å². The maximum absolute atomic E-state index is 14.2. The minimum absolute atomic E-state index is 0.208. The van der Waals surface area contributed by atoms with Gasteiger partial charge in [0.15, 0.2) is 5.78 Å². The van der Waals surface area contributed by atoms with Crippen molar-refractivity contribution in [3.63, 3.8) is 0 Å². The van der Waals surface area contributed by atoms with Crippen molar-refractivity contribution in [1.82, 2.24) is 0 Å². The van der Waals surface area contributed by atoms with Crippen molar-refractivity contribution in [3.05, 3.63) is 99.0 Å². The third-order valence-corrected chi connectivity index (χ3v) is 4.95. The molecule has 0 unspecified atom stereocenters. The Morgan fingerprint density at radius 3 is 2.52 bits per heavy atom. The van der Waals surface area contributed by atoms with Gasteiger partial charge in [-0.25, -0.2) is 4.39 Å². The second-order valence-corrected chi connectivity index (χ2v) is 6.47. The minimum atomic E-state index is -0.442. The largest absolute Gasteiger partial charge is 0.289 e. The fraction of sp³-hybridized carbons (Fsp3) is 0.0500. The molecule has 0 amide bonds. The number of fused-ring (bicyclic) bond motifs is 1. The standard InChI is InChI=1S/C20H13FOS/c21-17-10-4-9-15-18(13-6-2-1-3-7-13)16(20(22)19(15)17)12-14-8-5-11-23-14/h1-12,18H/b16-12-/t18-/m0/s1. The maximum atomic E-state index is 14.2. The second-order valence-electron chi connectivity index (χ2n) is 5.49. The van der Waals surface area contributed by atoms with Gasteiger partial charge >= 0.3 is 0 Å². The average molecular weight is 320 g/mol. The quantitative estimate of drug-likeness (QED) is 0.586. The molecule has 0 radical (unpaired) electrons. The van der Waals surface area contributed by atoms with Gasteiger partial charge in [0.1, 0.15) is 5.82 Å². The second kappa shape index (κ2) is 5.60. The normalized spacial score (nSPS) is 18.4. The molecule has 4 rings (SSSR count). The number of rotatable bonds is 2. The summed E-state index contributed by atoms with van der Waals surface area (Å²) in [6.45, 7) is 0. The number of thiophene rings is 1. The van der Waals surface area contributed by atoms with Gasteiger partial charge in [-0.1, -0.05) is 48.5 Å². The summed E-state index contributed by atoms with van der Waals surface area (Å²) in [6, 6.07) is 18.6. The van der Waals surface area contributed by atoms with Crippen LogP contribution in [0.4, 0.5) is 4.39 Å². The summed E-state index contributed by atoms with van der Waals surface area (Å²) in [7, 11) is 0. The lowest BCUT2D eigenvalue weighted by molar-refractivity contribution is 0.103. The molecule has 1 nitrogen and oxygen atoms in total. The van der Waals surface area contributed by atoms with E-state index in [1.807, 2.05) is 60.0 Å². The van der Waals surface area contributed by atoms with Crippen LogP contribution in [0.15, 0.2) is 71.6 Å². The maximum Gasteiger partial charge on any atom is 0.193 e. The summed E-state index contributed by atoms with van der Waals surface area (Å²) in [5, 5.41) is 1.97. The Kier molecular flexibility index (Phi) is 3.43. The van der Waals surface area contributed by atoms with E-state index in [9.17, 15) is 9.18 Å². The number of carbonyl (C=O) groups excluding carboxylic acids is 1. The lowest BCUT2D eigenvalue weighted by atomic mass is 9.89. The highest BCUT2D eigenvalue weighted by molar-refractivity contribution is 7.10. The van der Waals surface area contributed by atoms with Crippen molar-refractivity contribution in [2.75, 3.05) is 0 Å². The van der Waals surface area contributed by atoms with Crippen molar-refractivity contribution in [2.45, 2.75) is 5.92 Å². The monoisotopic (exact) mass is 320 g/mol. The number of ketones is 1. The first kappa shape index (κ1) is 14.1. The molecule has 0 aliphatic heterocycles. The summed E-state index contributed by atoms with van der Waals surface area (Å²) in [4.78, 5) is 13.8. The highest BCUT2D eigenvalue weighted by atomic mass is 32.1. The molecular formula is C20H13FOS. The first-order valence-electron chi connectivity index (χ1n) is 7.39. The van der Waals surface area contributed by atoms with Crippen molar-refractivity contribution in [3.8, 4) is 0 Å². The van der Waals surface area contributed by atoms with Crippen LogP contribution in [0, 0.1) is 5.82 Å². The van der Waals surface area contributed by atoms with Gasteiger partial charge in [0.05, 0.1) is 5.56 Å². The van der Waals surface area contributed by atoms with Crippen molar-refractivity contribution in [2.24, 2.45) is 0 Å². The predicted octanol–water partition coefficient (Wildman–Crippen LogP) is 5.30. The Labute approximate surface area is 137 Å². The van der Waals surface area contributed by atoms with Crippen LogP contribution < -0.4 is 0 Å². The summed E-state index contributed by atoms with van der Waals surface area (Å²) in [5.74, 6) is -0.861. The molecule has 0 N–H and O–H groups in total. The number of benzene rings is 2. The third-order valence-electron chi connectivity index (χ3n) is 4.13. The van der Waals surface area contributed by atoms with E-state index < -0.39 is 5.82 Å². The molecule has 0 saturated heterocycles. The lowest BCUT2D eigenvalue weighted by Crippen LogP contribution is -2.02. The molecule has 3 aromatic rings. The molecule has 112 valence electrons. The number of hydrogen-bond donors (Lipinski definition) is 0. The summed E-state index contributed by atoms with van der Waals surface area (Å²) in [5.41, 5.74) is 2.61. The molecule has 1 heterocycles. The van der Waals surface area contributed by atoms with Gasteiger partial charge in [-0.15, -0.1) is 11.3 Å². The third kappa shape index (κ3) is 2.34. The molecule has 2 aromatic carbocycles. The van der Waals surface area contributed by atoms with E-state index in [-0.39, 0.29) is 17.3 Å². The fourth-order valence-electron chi connectivity index (χ4n) is 3.14. The molecule has 0 spiro atoms. The van der Waals surface area contributed by atoms with Crippen LogP contribution in [-0.4, -0.2) is 5.78 Å². The zero-order valence-electron chi connectivity index (χ0n) is 12.2. The number of allylic oxidation sites excluding steroid dienone is 1. The van der Waals surface area contributed by atoms with Gasteiger partial charge in [0.25, 0.3) is 0 Å². The molecule has 23 heavy (non-hydrogen) atoms. The van der Waals surface area contributed by atoms with Crippen LogP contribution in [0.25, 0.3) is 6.08 Å². The number of Topliss-reactive ketones (excluding diaryl/α,β-unsaturated/α-hetero) is 1. The first-order valence-corrected chi connectivity index (χ1v) is 8.27. The van der Waals surface area contributed by atoms with Gasteiger partial charge in [0.2, 0.25) is 0 Å². The Morgan fingerprint density at radius 2 is 1.78 bits per heavy atom. The molecule has 1 aromatic heterocycles. The fourth-order valence-corrected chi connectivity index (χ4v) is 3.81. The zero-order valence-corrected chi connectivity index (χ0v) is 13.0. The first-order chi connectivity index (χ1) is 11.3. The van der Waals surface area contributed by atoms with E-state index in [2.05, 4.69) is 0 Å². The Morgan fingerprint density at radius 1 is 0.957 bits per heavy atom. The van der Waals surface area contributed by atoms with Gasteiger partial charge < -0.3 is 0 Å². The summed E-state index contributed by atoms with van der Waals surface area (Å²) < 4.78 is 14.2.